The van der Waals surface area contributed by atoms with E-state index in [1.54, 1.807) is 12.4 Å². The zero-order valence-electron chi connectivity index (χ0n) is 16.9. The van der Waals surface area contributed by atoms with Crippen molar-refractivity contribution in [2.45, 2.75) is 38.6 Å². The van der Waals surface area contributed by atoms with Crippen LogP contribution < -0.4 is 10.1 Å². The molecule has 2 aromatic rings. The summed E-state index contributed by atoms with van der Waals surface area (Å²) in [5, 5.41) is 3.32. The zero-order valence-corrected chi connectivity index (χ0v) is 16.9. The fraction of sp³-hybridized carbons (Fsp3) is 0.455. The molecule has 154 valence electrons. The molecular formula is C22H27N3O4. The molecule has 2 aliphatic rings. The maximum absolute atomic E-state index is 13.0. The molecule has 0 bridgehead atoms. The Morgan fingerprint density at radius 2 is 1.90 bits per heavy atom. The fourth-order valence-corrected chi connectivity index (χ4v) is 3.73. The molecule has 29 heavy (non-hydrogen) atoms. The van der Waals surface area contributed by atoms with Gasteiger partial charge in [-0.25, -0.2) is 0 Å². The smallest absolute Gasteiger partial charge is 0.255 e. The summed E-state index contributed by atoms with van der Waals surface area (Å²) in [6, 6.07) is 9.56. The van der Waals surface area contributed by atoms with Crippen LogP contribution in [0.2, 0.25) is 0 Å². The predicted molar refractivity (Wildman–Crippen MR) is 109 cm³/mol. The molecule has 1 aromatic heterocycles. The molecule has 7 nitrogen and oxygen atoms in total. The minimum atomic E-state index is -0.488. The molecule has 2 aliphatic heterocycles. The van der Waals surface area contributed by atoms with Crippen molar-refractivity contribution in [3.8, 4) is 5.75 Å². The van der Waals surface area contributed by atoms with E-state index in [0.717, 1.165) is 17.1 Å². The minimum absolute atomic E-state index is 0.0271. The van der Waals surface area contributed by atoms with Crippen LogP contribution in [0.4, 0.5) is 11.4 Å². The number of para-hydroxylation sites is 2. The third-order valence-electron chi connectivity index (χ3n) is 5.14. The van der Waals surface area contributed by atoms with Crippen LogP contribution in [-0.2, 0) is 9.47 Å². The van der Waals surface area contributed by atoms with Crippen LogP contribution in [0.1, 0.15) is 37.0 Å². The van der Waals surface area contributed by atoms with E-state index in [2.05, 4.69) is 10.3 Å². The van der Waals surface area contributed by atoms with Crippen LogP contribution in [0.5, 0.6) is 5.75 Å². The second-order valence-corrected chi connectivity index (χ2v) is 7.65. The van der Waals surface area contributed by atoms with Crippen molar-refractivity contribution in [2.75, 3.05) is 31.6 Å². The lowest BCUT2D eigenvalue weighted by Gasteiger charge is -2.37. The predicted octanol–water partition coefficient (Wildman–Crippen LogP) is 3.59. The molecule has 0 saturated carbocycles. The van der Waals surface area contributed by atoms with Crippen LogP contribution in [0.3, 0.4) is 0 Å². The maximum Gasteiger partial charge on any atom is 0.255 e. The van der Waals surface area contributed by atoms with E-state index in [9.17, 15) is 4.79 Å². The molecule has 3 heterocycles. The third kappa shape index (κ3) is 4.52. The second-order valence-electron chi connectivity index (χ2n) is 7.65. The summed E-state index contributed by atoms with van der Waals surface area (Å²) < 4.78 is 17.3. The standard InChI is InChI=1S/C22H27N3O4/c1-16(2)29-20-6-4-3-5-19(20)24-18-13-17(14-23-15-18)21(26)25-9-7-22(8-10-25)27-11-12-28-22/h3-6,13-16,24H,7-12H2,1-2H3. The van der Waals surface area contributed by atoms with Gasteiger partial charge in [0.05, 0.1) is 42.5 Å². The summed E-state index contributed by atoms with van der Waals surface area (Å²) in [4.78, 5) is 19.1. The van der Waals surface area contributed by atoms with Gasteiger partial charge in [0.1, 0.15) is 5.75 Å². The summed E-state index contributed by atoms with van der Waals surface area (Å²) in [5.74, 6) is 0.247. The molecule has 7 heteroatoms. The average Bonchev–Trinajstić information content (AvgIpc) is 3.17. The van der Waals surface area contributed by atoms with E-state index in [1.807, 2.05) is 49.1 Å². The van der Waals surface area contributed by atoms with Crippen molar-refractivity contribution in [1.29, 1.82) is 0 Å². The van der Waals surface area contributed by atoms with E-state index < -0.39 is 5.79 Å². The lowest BCUT2D eigenvalue weighted by Crippen LogP contribution is -2.47. The van der Waals surface area contributed by atoms with Crippen molar-refractivity contribution >= 4 is 17.3 Å². The Morgan fingerprint density at radius 1 is 1.17 bits per heavy atom. The molecular weight excluding hydrogens is 370 g/mol. The number of hydrogen-bond acceptors (Lipinski definition) is 6. The highest BCUT2D eigenvalue weighted by molar-refractivity contribution is 5.95. The van der Waals surface area contributed by atoms with Crippen molar-refractivity contribution in [2.24, 2.45) is 0 Å². The maximum atomic E-state index is 13.0. The number of ether oxygens (including phenoxy) is 3. The number of nitrogens with one attached hydrogen (secondary N) is 1. The first kappa shape index (κ1) is 19.7. The Balaban J connectivity index is 1.45. The molecule has 0 aliphatic carbocycles. The minimum Gasteiger partial charge on any atom is -0.489 e. The number of amides is 1. The lowest BCUT2D eigenvalue weighted by molar-refractivity contribution is -0.181. The van der Waals surface area contributed by atoms with Crippen LogP contribution >= 0.6 is 0 Å². The fourth-order valence-electron chi connectivity index (χ4n) is 3.73. The highest BCUT2D eigenvalue weighted by atomic mass is 16.7. The van der Waals surface area contributed by atoms with Crippen LogP contribution in [-0.4, -0.2) is 54.0 Å². The Kier molecular flexibility index (Phi) is 5.69. The monoisotopic (exact) mass is 397 g/mol. The Hall–Kier alpha value is -2.64. The van der Waals surface area contributed by atoms with Gasteiger partial charge in [-0.2, -0.15) is 0 Å². The summed E-state index contributed by atoms with van der Waals surface area (Å²) in [6.45, 7) is 6.47. The molecule has 0 atom stereocenters. The quantitative estimate of drug-likeness (QED) is 0.831. The number of hydrogen-bond donors (Lipinski definition) is 1. The van der Waals surface area contributed by atoms with Gasteiger partial charge in [0.25, 0.3) is 5.91 Å². The Labute approximate surface area is 171 Å². The number of nitrogens with zero attached hydrogens (tertiary/aromatic N) is 2. The molecule has 1 spiro atoms. The highest BCUT2D eigenvalue weighted by Gasteiger charge is 2.40. The van der Waals surface area contributed by atoms with E-state index in [-0.39, 0.29) is 12.0 Å². The lowest BCUT2D eigenvalue weighted by atomic mass is 10.0. The van der Waals surface area contributed by atoms with Gasteiger partial charge in [-0.3, -0.25) is 9.78 Å². The van der Waals surface area contributed by atoms with Gasteiger partial charge in [0.2, 0.25) is 0 Å². The summed E-state index contributed by atoms with van der Waals surface area (Å²) in [7, 11) is 0. The molecule has 0 unspecified atom stereocenters. The number of likely N-dealkylation sites (tertiary alicyclic amines) is 1. The topological polar surface area (TPSA) is 72.9 Å². The number of rotatable bonds is 5. The number of pyridine rings is 1. The van der Waals surface area contributed by atoms with E-state index >= 15 is 0 Å². The molecule has 0 radical (unpaired) electrons. The number of benzene rings is 1. The van der Waals surface area contributed by atoms with Gasteiger partial charge in [-0.15, -0.1) is 0 Å². The normalized spacial score (nSPS) is 18.2. The van der Waals surface area contributed by atoms with Crippen molar-refractivity contribution in [1.82, 2.24) is 9.88 Å². The highest BCUT2D eigenvalue weighted by Crippen LogP contribution is 2.32. The molecule has 1 amide bonds. The largest absolute Gasteiger partial charge is 0.489 e. The Morgan fingerprint density at radius 3 is 2.62 bits per heavy atom. The number of piperidine rings is 1. The van der Waals surface area contributed by atoms with Crippen molar-refractivity contribution in [3.05, 3.63) is 48.3 Å². The zero-order chi connectivity index (χ0) is 20.3. The SMILES string of the molecule is CC(C)Oc1ccccc1Nc1cncc(C(=O)N2CCC3(CC2)OCCO3)c1. The summed E-state index contributed by atoms with van der Waals surface area (Å²) in [5.41, 5.74) is 2.14. The van der Waals surface area contributed by atoms with Gasteiger partial charge in [0.15, 0.2) is 5.79 Å². The number of carbonyl (C=O) groups excluding carboxylic acids is 1. The third-order valence-corrected chi connectivity index (χ3v) is 5.14. The van der Waals surface area contributed by atoms with Gasteiger partial charge in [-0.05, 0) is 32.0 Å². The Bertz CT molecular complexity index is 855. The molecule has 2 fully saturated rings. The van der Waals surface area contributed by atoms with E-state index in [0.29, 0.717) is 44.7 Å². The number of anilines is 2. The first-order chi connectivity index (χ1) is 14.0. The van der Waals surface area contributed by atoms with Crippen molar-refractivity contribution in [3.63, 3.8) is 0 Å². The average molecular weight is 397 g/mol. The van der Waals surface area contributed by atoms with Crippen molar-refractivity contribution < 1.29 is 19.0 Å². The molecule has 1 N–H and O–H groups in total. The van der Waals surface area contributed by atoms with E-state index in [4.69, 9.17) is 14.2 Å². The first-order valence-corrected chi connectivity index (χ1v) is 10.1. The van der Waals surface area contributed by atoms with Crippen LogP contribution in [0, 0.1) is 0 Å². The first-order valence-electron chi connectivity index (χ1n) is 10.1. The van der Waals surface area contributed by atoms with Crippen LogP contribution in [0.25, 0.3) is 0 Å². The molecule has 1 aromatic carbocycles. The van der Waals surface area contributed by atoms with Crippen LogP contribution in [0.15, 0.2) is 42.7 Å². The summed E-state index contributed by atoms with van der Waals surface area (Å²) >= 11 is 0. The number of carbonyl (C=O) groups is 1. The van der Waals surface area contributed by atoms with Gasteiger partial charge in [-0.1, -0.05) is 12.1 Å². The van der Waals surface area contributed by atoms with Gasteiger partial charge >= 0.3 is 0 Å². The number of aromatic nitrogens is 1. The summed E-state index contributed by atoms with van der Waals surface area (Å²) in [6.07, 6.45) is 4.78. The van der Waals surface area contributed by atoms with Gasteiger partial charge < -0.3 is 24.4 Å². The van der Waals surface area contributed by atoms with E-state index in [1.165, 1.54) is 0 Å². The molecule has 4 rings (SSSR count). The van der Waals surface area contributed by atoms with Gasteiger partial charge in [0, 0.05) is 32.1 Å². The molecule has 2 saturated heterocycles. The second kappa shape index (κ2) is 8.39.